The van der Waals surface area contributed by atoms with Gasteiger partial charge in [-0.3, -0.25) is 9.69 Å². The average Bonchev–Trinajstić information content (AvgIpc) is 2.47. The van der Waals surface area contributed by atoms with Gasteiger partial charge in [0, 0.05) is 18.8 Å². The first kappa shape index (κ1) is 17.5. The normalized spacial score (nSPS) is 12.4. The number of anilines is 1. The number of likely N-dealkylation sites (N-methyl/N-ethyl adjacent to an activating group) is 1. The second-order valence-electron chi connectivity index (χ2n) is 5.34. The van der Waals surface area contributed by atoms with Crippen molar-refractivity contribution in [2.24, 2.45) is 0 Å². The van der Waals surface area contributed by atoms with E-state index in [1.54, 1.807) is 0 Å². The lowest BCUT2D eigenvalue weighted by atomic mass is 10.0. The highest BCUT2D eigenvalue weighted by atomic mass is 16.4. The van der Waals surface area contributed by atoms with Gasteiger partial charge in [0.25, 0.3) is 0 Å². The molecule has 0 amide bonds. The lowest BCUT2D eigenvalue weighted by molar-refractivity contribution is -0.143. The van der Waals surface area contributed by atoms with Crippen molar-refractivity contribution in [2.45, 2.75) is 39.7 Å². The highest BCUT2D eigenvalue weighted by Gasteiger charge is 2.24. The summed E-state index contributed by atoms with van der Waals surface area (Å²) in [5.74, 6) is -0.788. The molecule has 0 heterocycles. The second kappa shape index (κ2) is 8.67. The molecular formula is C17H28N2O2. The Labute approximate surface area is 128 Å². The van der Waals surface area contributed by atoms with E-state index >= 15 is 0 Å². The molecule has 0 aliphatic rings. The topological polar surface area (TPSA) is 43.8 Å². The van der Waals surface area contributed by atoms with Crippen LogP contribution in [0.1, 0.15) is 45.2 Å². The third kappa shape index (κ3) is 4.74. The molecule has 1 unspecified atom stereocenters. The Morgan fingerprint density at radius 1 is 1.14 bits per heavy atom. The summed E-state index contributed by atoms with van der Waals surface area (Å²) < 4.78 is 0. The summed E-state index contributed by atoms with van der Waals surface area (Å²) >= 11 is 0. The Morgan fingerprint density at radius 3 is 2.14 bits per heavy atom. The number of benzene rings is 1. The van der Waals surface area contributed by atoms with Gasteiger partial charge in [0.2, 0.25) is 0 Å². The Kier molecular flexibility index (Phi) is 7.23. The molecule has 1 atom stereocenters. The smallest absolute Gasteiger partial charge is 0.325 e. The quantitative estimate of drug-likeness (QED) is 0.757. The maximum absolute atomic E-state index is 11.6. The van der Waals surface area contributed by atoms with Crippen LogP contribution in [0, 0.1) is 0 Å². The van der Waals surface area contributed by atoms with Crippen molar-refractivity contribution in [3.8, 4) is 0 Å². The molecule has 0 aliphatic heterocycles. The predicted octanol–water partition coefficient (Wildman–Crippen LogP) is 3.39. The van der Waals surface area contributed by atoms with Crippen molar-refractivity contribution < 1.29 is 9.90 Å². The molecular weight excluding hydrogens is 264 g/mol. The largest absolute Gasteiger partial charge is 0.480 e. The van der Waals surface area contributed by atoms with Crippen molar-refractivity contribution >= 4 is 11.7 Å². The standard InChI is InChI=1S/C17H28N2O2/c1-5-8-13-18(4)16(17(20)21)14-9-11-15(12-10-14)19(6-2)7-3/h9-12,16H,5-8,13H2,1-4H3,(H,20,21). The Morgan fingerprint density at radius 2 is 1.71 bits per heavy atom. The van der Waals surface area contributed by atoms with E-state index in [4.69, 9.17) is 0 Å². The molecule has 0 aliphatic carbocycles. The average molecular weight is 292 g/mol. The van der Waals surface area contributed by atoms with Gasteiger partial charge in [-0.1, -0.05) is 25.5 Å². The molecule has 0 fully saturated rings. The predicted molar refractivity (Wildman–Crippen MR) is 87.9 cm³/mol. The summed E-state index contributed by atoms with van der Waals surface area (Å²) in [5.41, 5.74) is 1.99. The van der Waals surface area contributed by atoms with E-state index in [9.17, 15) is 9.90 Å². The Bertz CT molecular complexity index is 427. The van der Waals surface area contributed by atoms with Gasteiger partial charge in [0.1, 0.15) is 6.04 Å². The van der Waals surface area contributed by atoms with Gasteiger partial charge in [0.15, 0.2) is 0 Å². The zero-order valence-electron chi connectivity index (χ0n) is 13.7. The third-order valence-corrected chi connectivity index (χ3v) is 3.88. The van der Waals surface area contributed by atoms with Crippen LogP contribution in [0.3, 0.4) is 0 Å². The van der Waals surface area contributed by atoms with Gasteiger partial charge in [-0.15, -0.1) is 0 Å². The number of nitrogens with zero attached hydrogens (tertiary/aromatic N) is 2. The molecule has 0 aromatic heterocycles. The Balaban J connectivity index is 2.91. The first-order valence-electron chi connectivity index (χ1n) is 7.83. The van der Waals surface area contributed by atoms with Crippen molar-refractivity contribution in [3.05, 3.63) is 29.8 Å². The minimum Gasteiger partial charge on any atom is -0.480 e. The number of carboxylic acid groups (broad SMARTS) is 1. The molecule has 0 bridgehead atoms. The van der Waals surface area contributed by atoms with Crippen molar-refractivity contribution in [2.75, 3.05) is 31.6 Å². The van der Waals surface area contributed by atoms with Gasteiger partial charge >= 0.3 is 5.97 Å². The molecule has 4 heteroatoms. The van der Waals surface area contributed by atoms with E-state index in [0.29, 0.717) is 0 Å². The molecule has 4 nitrogen and oxygen atoms in total. The van der Waals surface area contributed by atoms with E-state index in [-0.39, 0.29) is 0 Å². The summed E-state index contributed by atoms with van der Waals surface area (Å²) in [6, 6.07) is 7.35. The molecule has 0 saturated heterocycles. The van der Waals surface area contributed by atoms with E-state index in [2.05, 4.69) is 25.7 Å². The minimum absolute atomic E-state index is 0.567. The number of aliphatic carboxylic acids is 1. The van der Waals surface area contributed by atoms with Gasteiger partial charge in [0.05, 0.1) is 0 Å². The fourth-order valence-corrected chi connectivity index (χ4v) is 2.58. The van der Waals surface area contributed by atoms with Crippen LogP contribution < -0.4 is 4.90 Å². The summed E-state index contributed by atoms with van der Waals surface area (Å²) in [4.78, 5) is 15.7. The van der Waals surface area contributed by atoms with Crippen molar-refractivity contribution in [1.29, 1.82) is 0 Å². The maximum atomic E-state index is 11.6. The number of hydrogen-bond acceptors (Lipinski definition) is 3. The first-order valence-corrected chi connectivity index (χ1v) is 7.83. The summed E-state index contributed by atoms with van der Waals surface area (Å²) in [6.45, 7) is 9.06. The van der Waals surface area contributed by atoms with Crippen LogP contribution in [-0.4, -0.2) is 42.7 Å². The van der Waals surface area contributed by atoms with Crippen LogP contribution >= 0.6 is 0 Å². The van der Waals surface area contributed by atoms with Crippen molar-refractivity contribution in [3.63, 3.8) is 0 Å². The monoisotopic (exact) mass is 292 g/mol. The molecule has 1 rings (SSSR count). The Hall–Kier alpha value is -1.55. The lowest BCUT2D eigenvalue weighted by Gasteiger charge is -2.26. The number of rotatable bonds is 9. The van der Waals surface area contributed by atoms with E-state index in [1.807, 2.05) is 36.2 Å². The zero-order chi connectivity index (χ0) is 15.8. The van der Waals surface area contributed by atoms with E-state index < -0.39 is 12.0 Å². The molecule has 1 aromatic rings. The molecule has 1 N–H and O–H groups in total. The lowest BCUT2D eigenvalue weighted by Crippen LogP contribution is -2.31. The van der Waals surface area contributed by atoms with Crippen LogP contribution in [0.15, 0.2) is 24.3 Å². The van der Waals surface area contributed by atoms with Gasteiger partial charge in [-0.2, -0.15) is 0 Å². The van der Waals surface area contributed by atoms with Crippen LogP contribution in [0.4, 0.5) is 5.69 Å². The van der Waals surface area contributed by atoms with E-state index in [1.165, 1.54) is 0 Å². The second-order valence-corrected chi connectivity index (χ2v) is 5.34. The highest BCUT2D eigenvalue weighted by molar-refractivity contribution is 5.75. The summed E-state index contributed by atoms with van der Waals surface area (Å²) in [7, 11) is 1.88. The molecule has 0 saturated carbocycles. The van der Waals surface area contributed by atoms with Crippen LogP contribution in [0.5, 0.6) is 0 Å². The third-order valence-electron chi connectivity index (χ3n) is 3.88. The van der Waals surface area contributed by atoms with Crippen LogP contribution in [0.2, 0.25) is 0 Å². The van der Waals surface area contributed by atoms with Crippen molar-refractivity contribution in [1.82, 2.24) is 4.90 Å². The summed E-state index contributed by atoms with van der Waals surface area (Å²) in [6.07, 6.45) is 2.08. The minimum atomic E-state index is -0.788. The number of hydrogen-bond donors (Lipinski definition) is 1. The first-order chi connectivity index (χ1) is 10.0. The number of unbranched alkanes of at least 4 members (excludes halogenated alkanes) is 1. The molecule has 1 aromatic carbocycles. The summed E-state index contributed by atoms with van der Waals surface area (Å²) in [5, 5.41) is 9.52. The molecule has 0 spiro atoms. The molecule has 21 heavy (non-hydrogen) atoms. The SMILES string of the molecule is CCCCN(C)C(C(=O)O)c1ccc(N(CC)CC)cc1. The van der Waals surface area contributed by atoms with Gasteiger partial charge < -0.3 is 10.0 Å². The maximum Gasteiger partial charge on any atom is 0.325 e. The van der Waals surface area contributed by atoms with Gasteiger partial charge in [-0.05, 0) is 51.6 Å². The highest BCUT2D eigenvalue weighted by Crippen LogP contribution is 2.23. The molecule has 0 radical (unpaired) electrons. The fraction of sp³-hybridized carbons (Fsp3) is 0.588. The van der Waals surface area contributed by atoms with E-state index in [0.717, 1.165) is 43.7 Å². The zero-order valence-corrected chi connectivity index (χ0v) is 13.7. The molecule has 118 valence electrons. The van der Waals surface area contributed by atoms with Crippen LogP contribution in [-0.2, 0) is 4.79 Å². The van der Waals surface area contributed by atoms with Gasteiger partial charge in [-0.25, -0.2) is 0 Å². The van der Waals surface area contributed by atoms with Crippen LogP contribution in [0.25, 0.3) is 0 Å². The number of carboxylic acids is 1. The number of carbonyl (C=O) groups is 1. The fourth-order valence-electron chi connectivity index (χ4n) is 2.58.